The van der Waals surface area contributed by atoms with Gasteiger partial charge in [0.2, 0.25) is 0 Å². The van der Waals surface area contributed by atoms with E-state index in [1.54, 1.807) is 0 Å². The highest BCUT2D eigenvalue weighted by Gasteiger charge is 2.17. The molecule has 0 aliphatic carbocycles. The lowest BCUT2D eigenvalue weighted by Crippen LogP contribution is -2.13. The van der Waals surface area contributed by atoms with Crippen molar-refractivity contribution >= 4 is 11.6 Å². The van der Waals surface area contributed by atoms with Crippen LogP contribution >= 0.6 is 11.6 Å². The molecule has 0 N–H and O–H groups in total. The SMILES string of the molecule is CCCCCOCOCCCC(C)CC(C)CC(C)CC(C)CC(C)CC(C)CCCCl. The van der Waals surface area contributed by atoms with Crippen molar-refractivity contribution in [3.63, 3.8) is 0 Å². The van der Waals surface area contributed by atoms with Crippen molar-refractivity contribution < 1.29 is 9.47 Å². The largest absolute Gasteiger partial charge is 0.355 e. The van der Waals surface area contributed by atoms with Gasteiger partial charge in [-0.2, -0.15) is 0 Å². The van der Waals surface area contributed by atoms with Crippen molar-refractivity contribution in [1.82, 2.24) is 0 Å². The normalized spacial score (nSPS) is 17.6. The Balaban J connectivity index is 3.82. The molecule has 0 rings (SSSR count). The molecular formula is C29H59ClO2. The second kappa shape index (κ2) is 21.7. The molecule has 0 aromatic heterocycles. The summed E-state index contributed by atoms with van der Waals surface area (Å²) in [6.45, 7) is 19.0. The van der Waals surface area contributed by atoms with E-state index in [0.29, 0.717) is 6.79 Å². The molecule has 0 spiro atoms. The van der Waals surface area contributed by atoms with E-state index < -0.39 is 0 Å². The Hall–Kier alpha value is 0.210. The summed E-state index contributed by atoms with van der Waals surface area (Å²) >= 11 is 5.85. The zero-order valence-corrected chi connectivity index (χ0v) is 23.7. The highest BCUT2D eigenvalue weighted by Crippen LogP contribution is 2.29. The first-order valence-corrected chi connectivity index (χ1v) is 14.5. The Labute approximate surface area is 207 Å². The Morgan fingerprint density at radius 2 is 0.938 bits per heavy atom. The molecule has 0 fully saturated rings. The maximum Gasteiger partial charge on any atom is 0.146 e. The van der Waals surface area contributed by atoms with E-state index in [1.807, 2.05) is 0 Å². The van der Waals surface area contributed by atoms with Crippen LogP contribution < -0.4 is 0 Å². The summed E-state index contributed by atoms with van der Waals surface area (Å²) in [7, 11) is 0. The molecule has 0 saturated carbocycles. The molecule has 194 valence electrons. The summed E-state index contributed by atoms with van der Waals surface area (Å²) in [6, 6.07) is 0. The van der Waals surface area contributed by atoms with Gasteiger partial charge in [0, 0.05) is 19.1 Å². The van der Waals surface area contributed by atoms with Gasteiger partial charge in [-0.25, -0.2) is 0 Å². The van der Waals surface area contributed by atoms with Gasteiger partial charge in [0.1, 0.15) is 6.79 Å². The van der Waals surface area contributed by atoms with E-state index in [-0.39, 0.29) is 0 Å². The number of hydrogen-bond acceptors (Lipinski definition) is 2. The van der Waals surface area contributed by atoms with Crippen molar-refractivity contribution in [2.24, 2.45) is 35.5 Å². The predicted octanol–water partition coefficient (Wildman–Crippen LogP) is 9.73. The molecule has 0 aromatic carbocycles. The first-order valence-electron chi connectivity index (χ1n) is 14.0. The fraction of sp³-hybridized carbons (Fsp3) is 1.00. The van der Waals surface area contributed by atoms with E-state index in [0.717, 1.165) is 67.4 Å². The Morgan fingerprint density at radius 3 is 1.38 bits per heavy atom. The van der Waals surface area contributed by atoms with Gasteiger partial charge in [0.15, 0.2) is 0 Å². The van der Waals surface area contributed by atoms with Gasteiger partial charge in [-0.15, -0.1) is 11.6 Å². The molecule has 0 aliphatic heterocycles. The van der Waals surface area contributed by atoms with Crippen LogP contribution in [0.25, 0.3) is 0 Å². The van der Waals surface area contributed by atoms with Crippen molar-refractivity contribution in [3.05, 3.63) is 0 Å². The number of halogens is 1. The summed E-state index contributed by atoms with van der Waals surface area (Å²) in [6.07, 6.45) is 15.4. The van der Waals surface area contributed by atoms with Crippen LogP contribution in [0.15, 0.2) is 0 Å². The van der Waals surface area contributed by atoms with Crippen LogP contribution in [-0.2, 0) is 9.47 Å². The lowest BCUT2D eigenvalue weighted by Gasteiger charge is -2.25. The molecule has 32 heavy (non-hydrogen) atoms. The van der Waals surface area contributed by atoms with Crippen molar-refractivity contribution in [3.8, 4) is 0 Å². The van der Waals surface area contributed by atoms with E-state index in [2.05, 4.69) is 48.5 Å². The van der Waals surface area contributed by atoms with Crippen molar-refractivity contribution in [2.75, 3.05) is 25.9 Å². The van der Waals surface area contributed by atoms with Crippen LogP contribution in [0, 0.1) is 35.5 Å². The van der Waals surface area contributed by atoms with Gasteiger partial charge in [-0.05, 0) is 99.7 Å². The van der Waals surface area contributed by atoms with Crippen LogP contribution in [0.3, 0.4) is 0 Å². The van der Waals surface area contributed by atoms with Crippen LogP contribution in [0.2, 0.25) is 0 Å². The molecule has 0 bridgehead atoms. The highest BCUT2D eigenvalue weighted by molar-refractivity contribution is 6.17. The molecule has 2 nitrogen and oxygen atoms in total. The molecule has 3 heteroatoms. The Morgan fingerprint density at radius 1 is 0.531 bits per heavy atom. The molecule has 0 aromatic rings. The van der Waals surface area contributed by atoms with Crippen molar-refractivity contribution in [1.29, 1.82) is 0 Å². The maximum atomic E-state index is 5.85. The standard InChI is InChI=1S/C29H59ClO2/c1-8-9-10-16-31-23-32-17-12-14-25(3)19-27(5)21-29(7)22-28(6)20-26(4)18-24(2)13-11-15-30/h24-29H,8-23H2,1-7H3. The second-order valence-corrected chi connectivity index (χ2v) is 11.8. The Kier molecular flexibility index (Phi) is 21.9. The predicted molar refractivity (Wildman–Crippen MR) is 144 cm³/mol. The summed E-state index contributed by atoms with van der Waals surface area (Å²) in [4.78, 5) is 0. The van der Waals surface area contributed by atoms with Gasteiger partial charge in [-0.3, -0.25) is 0 Å². The number of ether oxygens (including phenoxy) is 2. The minimum atomic E-state index is 0.467. The maximum absolute atomic E-state index is 5.85. The molecular weight excluding hydrogens is 416 g/mol. The third-order valence-corrected chi connectivity index (χ3v) is 7.17. The number of hydrogen-bond donors (Lipinski definition) is 0. The minimum Gasteiger partial charge on any atom is -0.355 e. The summed E-state index contributed by atoms with van der Waals surface area (Å²) in [5.74, 6) is 5.75. The monoisotopic (exact) mass is 474 g/mol. The van der Waals surface area contributed by atoms with Crippen LogP contribution in [-0.4, -0.2) is 25.9 Å². The lowest BCUT2D eigenvalue weighted by molar-refractivity contribution is -0.0561. The fourth-order valence-electron chi connectivity index (χ4n) is 5.65. The molecule has 6 atom stereocenters. The number of alkyl halides is 1. The number of unbranched alkanes of at least 4 members (excludes halogenated alkanes) is 2. The zero-order valence-electron chi connectivity index (χ0n) is 23.0. The van der Waals surface area contributed by atoms with Gasteiger partial charge < -0.3 is 9.47 Å². The third kappa shape index (κ3) is 20.8. The topological polar surface area (TPSA) is 18.5 Å². The molecule has 0 amide bonds. The van der Waals surface area contributed by atoms with Gasteiger partial charge in [0.25, 0.3) is 0 Å². The zero-order chi connectivity index (χ0) is 24.2. The van der Waals surface area contributed by atoms with E-state index in [1.165, 1.54) is 64.2 Å². The van der Waals surface area contributed by atoms with Crippen LogP contribution in [0.5, 0.6) is 0 Å². The van der Waals surface area contributed by atoms with Gasteiger partial charge >= 0.3 is 0 Å². The molecule has 0 heterocycles. The Bertz CT molecular complexity index is 389. The molecule has 6 unspecified atom stereocenters. The van der Waals surface area contributed by atoms with Gasteiger partial charge in [-0.1, -0.05) is 61.3 Å². The highest BCUT2D eigenvalue weighted by atomic mass is 35.5. The second-order valence-electron chi connectivity index (χ2n) is 11.4. The summed E-state index contributed by atoms with van der Waals surface area (Å²) in [5, 5.41) is 0. The van der Waals surface area contributed by atoms with E-state index in [4.69, 9.17) is 21.1 Å². The lowest BCUT2D eigenvalue weighted by atomic mass is 9.81. The van der Waals surface area contributed by atoms with E-state index >= 15 is 0 Å². The third-order valence-electron chi connectivity index (χ3n) is 6.90. The molecule has 0 aliphatic rings. The average molecular weight is 475 g/mol. The summed E-state index contributed by atoms with van der Waals surface area (Å²) < 4.78 is 11.1. The first-order chi connectivity index (χ1) is 15.3. The number of rotatable bonds is 23. The van der Waals surface area contributed by atoms with E-state index in [9.17, 15) is 0 Å². The molecule has 0 radical (unpaired) electrons. The smallest absolute Gasteiger partial charge is 0.146 e. The van der Waals surface area contributed by atoms with Crippen LogP contribution in [0.1, 0.15) is 126 Å². The molecule has 0 saturated heterocycles. The first kappa shape index (κ1) is 32.2. The van der Waals surface area contributed by atoms with Crippen LogP contribution in [0.4, 0.5) is 0 Å². The summed E-state index contributed by atoms with van der Waals surface area (Å²) in [5.41, 5.74) is 0. The van der Waals surface area contributed by atoms with Gasteiger partial charge in [0.05, 0.1) is 0 Å². The quantitative estimate of drug-likeness (QED) is 0.0832. The minimum absolute atomic E-state index is 0.467. The fourth-order valence-corrected chi connectivity index (χ4v) is 5.80. The average Bonchev–Trinajstić information content (AvgIpc) is 2.70. The van der Waals surface area contributed by atoms with Crippen molar-refractivity contribution in [2.45, 2.75) is 126 Å².